The number of anilines is 2. The van der Waals surface area contributed by atoms with Gasteiger partial charge in [-0.15, -0.1) is 0 Å². The number of benzene rings is 1. The van der Waals surface area contributed by atoms with Crippen molar-refractivity contribution in [3.05, 3.63) is 47.8 Å². The molecule has 0 spiro atoms. The number of carbonyl (C=O) groups is 1. The number of aryl methyl sites for hydroxylation is 1. The predicted octanol–water partition coefficient (Wildman–Crippen LogP) is 2.62. The molecule has 0 unspecified atom stereocenters. The molecule has 2 aromatic rings. The predicted molar refractivity (Wildman–Crippen MR) is 79.0 cm³/mol. The Balaban J connectivity index is 2.32. The molecule has 0 saturated heterocycles. The van der Waals surface area contributed by atoms with E-state index in [-0.39, 0.29) is 5.91 Å². The van der Waals surface area contributed by atoms with E-state index in [1.54, 1.807) is 36.5 Å². The van der Waals surface area contributed by atoms with Crippen LogP contribution in [0.3, 0.4) is 0 Å². The van der Waals surface area contributed by atoms with Gasteiger partial charge in [0.05, 0.1) is 18.0 Å². The number of aromatic nitrogens is 1. The molecule has 104 valence electrons. The second kappa shape index (κ2) is 6.06. The number of nitrogens with two attached hydrogens (primary N) is 1. The van der Waals surface area contributed by atoms with E-state index in [0.717, 1.165) is 5.69 Å². The van der Waals surface area contributed by atoms with Crippen molar-refractivity contribution in [3.8, 4) is 5.75 Å². The normalized spacial score (nSPS) is 10.1. The first-order chi connectivity index (χ1) is 9.63. The number of hydrogen-bond acceptors (Lipinski definition) is 4. The van der Waals surface area contributed by atoms with E-state index in [1.165, 1.54) is 0 Å². The van der Waals surface area contributed by atoms with Gasteiger partial charge in [0.25, 0.3) is 5.91 Å². The lowest BCUT2D eigenvalue weighted by Gasteiger charge is -2.13. The van der Waals surface area contributed by atoms with E-state index in [1.807, 2.05) is 13.8 Å². The van der Waals surface area contributed by atoms with Gasteiger partial charge in [-0.25, -0.2) is 0 Å². The van der Waals surface area contributed by atoms with Crippen molar-refractivity contribution < 1.29 is 9.53 Å². The van der Waals surface area contributed by atoms with Crippen LogP contribution in [0.5, 0.6) is 5.75 Å². The van der Waals surface area contributed by atoms with Gasteiger partial charge < -0.3 is 15.8 Å². The molecule has 1 aromatic carbocycles. The summed E-state index contributed by atoms with van der Waals surface area (Å²) >= 11 is 0. The van der Waals surface area contributed by atoms with Crippen LogP contribution < -0.4 is 15.8 Å². The second-order valence-electron chi connectivity index (χ2n) is 4.24. The number of ether oxygens (including phenoxy) is 1. The van der Waals surface area contributed by atoms with Crippen molar-refractivity contribution in [2.75, 3.05) is 17.7 Å². The summed E-state index contributed by atoms with van der Waals surface area (Å²) < 4.78 is 5.45. The number of hydrogen-bond donors (Lipinski definition) is 2. The average molecular weight is 271 g/mol. The summed E-state index contributed by atoms with van der Waals surface area (Å²) in [7, 11) is 0. The van der Waals surface area contributed by atoms with Crippen LogP contribution in [0.2, 0.25) is 0 Å². The highest BCUT2D eigenvalue weighted by Gasteiger charge is 2.16. The SMILES string of the molecule is CCOc1cccc(N)c1C(=O)Nc1cccnc1C. The number of amides is 1. The van der Waals surface area contributed by atoms with Gasteiger partial charge in [0, 0.05) is 11.9 Å². The van der Waals surface area contributed by atoms with Crippen LogP contribution in [-0.2, 0) is 0 Å². The summed E-state index contributed by atoms with van der Waals surface area (Å²) in [6.45, 7) is 4.15. The Bertz CT molecular complexity index is 626. The maximum atomic E-state index is 12.4. The lowest BCUT2D eigenvalue weighted by molar-refractivity contribution is 0.102. The summed E-state index contributed by atoms with van der Waals surface area (Å²) in [6, 6.07) is 8.71. The molecule has 5 nitrogen and oxygen atoms in total. The van der Waals surface area contributed by atoms with Gasteiger partial charge in [0.2, 0.25) is 0 Å². The monoisotopic (exact) mass is 271 g/mol. The maximum Gasteiger partial charge on any atom is 0.261 e. The van der Waals surface area contributed by atoms with E-state index in [2.05, 4.69) is 10.3 Å². The molecule has 0 atom stereocenters. The molecule has 1 aromatic heterocycles. The number of nitrogens with zero attached hydrogens (tertiary/aromatic N) is 1. The average Bonchev–Trinajstić information content (AvgIpc) is 2.42. The fourth-order valence-electron chi connectivity index (χ4n) is 1.87. The molecular formula is C15H17N3O2. The molecule has 0 aliphatic rings. The molecular weight excluding hydrogens is 254 g/mol. The Hall–Kier alpha value is -2.56. The van der Waals surface area contributed by atoms with Crippen LogP contribution >= 0.6 is 0 Å². The van der Waals surface area contributed by atoms with Gasteiger partial charge in [0.1, 0.15) is 11.3 Å². The van der Waals surface area contributed by atoms with Gasteiger partial charge in [-0.1, -0.05) is 6.07 Å². The molecule has 0 aliphatic heterocycles. The van der Waals surface area contributed by atoms with Crippen LogP contribution in [-0.4, -0.2) is 17.5 Å². The highest BCUT2D eigenvalue weighted by Crippen LogP contribution is 2.26. The molecule has 1 amide bonds. The molecule has 3 N–H and O–H groups in total. The van der Waals surface area contributed by atoms with Crippen molar-refractivity contribution >= 4 is 17.3 Å². The molecule has 0 radical (unpaired) electrons. The smallest absolute Gasteiger partial charge is 0.261 e. The number of nitrogen functional groups attached to an aromatic ring is 1. The minimum Gasteiger partial charge on any atom is -0.493 e. The summed E-state index contributed by atoms with van der Waals surface area (Å²) in [5, 5.41) is 2.80. The third-order valence-electron chi connectivity index (χ3n) is 2.84. The Morgan fingerprint density at radius 2 is 2.15 bits per heavy atom. The Morgan fingerprint density at radius 1 is 1.35 bits per heavy atom. The first-order valence-electron chi connectivity index (χ1n) is 6.37. The van der Waals surface area contributed by atoms with Gasteiger partial charge in [-0.05, 0) is 38.1 Å². The maximum absolute atomic E-state index is 12.4. The molecule has 0 bridgehead atoms. The van der Waals surface area contributed by atoms with Gasteiger partial charge in [-0.2, -0.15) is 0 Å². The minimum absolute atomic E-state index is 0.303. The zero-order chi connectivity index (χ0) is 14.5. The number of rotatable bonds is 4. The van der Waals surface area contributed by atoms with Crippen molar-refractivity contribution in [3.63, 3.8) is 0 Å². The summed E-state index contributed by atoms with van der Waals surface area (Å²) in [5.41, 5.74) is 8.02. The van der Waals surface area contributed by atoms with E-state index >= 15 is 0 Å². The second-order valence-corrected chi connectivity index (χ2v) is 4.24. The number of carbonyl (C=O) groups excluding carboxylic acids is 1. The molecule has 0 aliphatic carbocycles. The molecule has 20 heavy (non-hydrogen) atoms. The zero-order valence-electron chi connectivity index (χ0n) is 11.5. The van der Waals surface area contributed by atoms with Crippen molar-refractivity contribution in [2.24, 2.45) is 0 Å². The van der Waals surface area contributed by atoms with Crippen LogP contribution in [0.1, 0.15) is 23.0 Å². The molecule has 0 fully saturated rings. The highest BCUT2D eigenvalue weighted by molar-refractivity contribution is 6.09. The topological polar surface area (TPSA) is 77.2 Å². The van der Waals surface area contributed by atoms with Crippen LogP contribution in [0.15, 0.2) is 36.5 Å². The Labute approximate surface area is 117 Å². The van der Waals surface area contributed by atoms with Crippen LogP contribution in [0, 0.1) is 6.92 Å². The van der Waals surface area contributed by atoms with Crippen LogP contribution in [0.4, 0.5) is 11.4 Å². The van der Waals surface area contributed by atoms with E-state index in [9.17, 15) is 4.79 Å². The lowest BCUT2D eigenvalue weighted by atomic mass is 10.1. The summed E-state index contributed by atoms with van der Waals surface area (Å²) in [5.74, 6) is 0.175. The van der Waals surface area contributed by atoms with Crippen LogP contribution in [0.25, 0.3) is 0 Å². The quantitative estimate of drug-likeness (QED) is 0.838. The molecule has 2 rings (SSSR count). The third kappa shape index (κ3) is 2.88. The summed E-state index contributed by atoms with van der Waals surface area (Å²) in [6.07, 6.45) is 1.67. The Kier molecular flexibility index (Phi) is 4.20. The first-order valence-corrected chi connectivity index (χ1v) is 6.37. The van der Waals surface area contributed by atoms with Crippen molar-refractivity contribution in [1.29, 1.82) is 0 Å². The fourth-order valence-corrected chi connectivity index (χ4v) is 1.87. The number of nitrogens with one attached hydrogen (secondary N) is 1. The van der Waals surface area contributed by atoms with E-state index in [0.29, 0.717) is 29.3 Å². The van der Waals surface area contributed by atoms with E-state index < -0.39 is 0 Å². The molecule has 1 heterocycles. The Morgan fingerprint density at radius 3 is 2.85 bits per heavy atom. The van der Waals surface area contributed by atoms with Gasteiger partial charge in [-0.3, -0.25) is 9.78 Å². The molecule has 0 saturated carbocycles. The minimum atomic E-state index is -0.303. The lowest BCUT2D eigenvalue weighted by Crippen LogP contribution is -2.16. The largest absolute Gasteiger partial charge is 0.493 e. The van der Waals surface area contributed by atoms with Crippen molar-refractivity contribution in [2.45, 2.75) is 13.8 Å². The standard InChI is InChI=1S/C15H17N3O2/c1-3-20-13-8-4-6-11(16)14(13)15(19)18-12-7-5-9-17-10(12)2/h4-9H,3,16H2,1-2H3,(H,18,19). The highest BCUT2D eigenvalue weighted by atomic mass is 16.5. The van der Waals surface area contributed by atoms with Gasteiger partial charge in [0.15, 0.2) is 0 Å². The van der Waals surface area contributed by atoms with Crippen molar-refractivity contribution in [1.82, 2.24) is 4.98 Å². The first kappa shape index (κ1) is 13.9. The zero-order valence-corrected chi connectivity index (χ0v) is 11.5. The molecule has 5 heteroatoms. The fraction of sp³-hybridized carbons (Fsp3) is 0.200. The van der Waals surface area contributed by atoms with Gasteiger partial charge >= 0.3 is 0 Å². The van der Waals surface area contributed by atoms with E-state index in [4.69, 9.17) is 10.5 Å². The third-order valence-corrected chi connectivity index (χ3v) is 2.84. The summed E-state index contributed by atoms with van der Waals surface area (Å²) in [4.78, 5) is 16.5. The number of pyridine rings is 1.